The molecule has 2 amide bonds. The van der Waals surface area contributed by atoms with E-state index in [0.717, 1.165) is 12.8 Å². The summed E-state index contributed by atoms with van der Waals surface area (Å²) in [6.07, 6.45) is 1.68. The Morgan fingerprint density at radius 3 is 2.58 bits per heavy atom. The van der Waals surface area contributed by atoms with E-state index in [4.69, 9.17) is 4.74 Å². The molecule has 2 aliphatic heterocycles. The zero-order valence-corrected chi connectivity index (χ0v) is 19.0. The van der Waals surface area contributed by atoms with Crippen LogP contribution in [-0.2, 0) is 19.6 Å². The smallest absolute Gasteiger partial charge is 0.253 e. The van der Waals surface area contributed by atoms with Crippen LogP contribution in [0, 0.1) is 0 Å². The predicted molar refractivity (Wildman–Crippen MR) is 116 cm³/mol. The standard InChI is InChI=1S/C21H32N4O5S/c1-16(2)23-20(26)15-24-8-10-25(11-9-24)21(27)17-5-3-7-19(13-17)31(28,29)22-14-18-6-4-12-30-18/h3,5,7,13,16,18,22H,4,6,8-12,14-15H2,1-2H3,(H,23,26). The van der Waals surface area contributed by atoms with Crippen molar-refractivity contribution in [3.63, 3.8) is 0 Å². The summed E-state index contributed by atoms with van der Waals surface area (Å²) in [7, 11) is -3.72. The number of hydrogen-bond donors (Lipinski definition) is 2. The van der Waals surface area contributed by atoms with E-state index in [1.165, 1.54) is 12.1 Å². The quantitative estimate of drug-likeness (QED) is 0.592. The fraction of sp³-hybridized carbons (Fsp3) is 0.619. The molecule has 0 saturated carbocycles. The first-order valence-corrected chi connectivity index (χ1v) is 12.3. The van der Waals surface area contributed by atoms with Gasteiger partial charge < -0.3 is 15.0 Å². The van der Waals surface area contributed by atoms with Crippen molar-refractivity contribution in [3.05, 3.63) is 29.8 Å². The van der Waals surface area contributed by atoms with Crippen molar-refractivity contribution in [1.29, 1.82) is 0 Å². The number of carbonyl (C=O) groups excluding carboxylic acids is 2. The van der Waals surface area contributed by atoms with E-state index in [1.807, 2.05) is 18.7 Å². The van der Waals surface area contributed by atoms with Crippen LogP contribution in [0.25, 0.3) is 0 Å². The fourth-order valence-corrected chi connectivity index (χ4v) is 4.86. The van der Waals surface area contributed by atoms with Crippen LogP contribution in [0.2, 0.25) is 0 Å². The Hall–Kier alpha value is -2.01. The topological polar surface area (TPSA) is 108 Å². The molecule has 0 aromatic heterocycles. The summed E-state index contributed by atoms with van der Waals surface area (Å²) in [5.74, 6) is -0.231. The zero-order valence-electron chi connectivity index (χ0n) is 18.2. The molecule has 31 heavy (non-hydrogen) atoms. The van der Waals surface area contributed by atoms with Crippen LogP contribution in [0.3, 0.4) is 0 Å². The summed E-state index contributed by atoms with van der Waals surface area (Å²) in [6, 6.07) is 6.21. The highest BCUT2D eigenvalue weighted by atomic mass is 32.2. The van der Waals surface area contributed by atoms with Crippen LogP contribution in [0.1, 0.15) is 37.0 Å². The number of nitrogens with zero attached hydrogens (tertiary/aromatic N) is 2. The maximum atomic E-state index is 12.9. The normalized spacial score (nSPS) is 20.2. The van der Waals surface area contributed by atoms with E-state index in [9.17, 15) is 18.0 Å². The molecule has 1 aromatic carbocycles. The lowest BCUT2D eigenvalue weighted by atomic mass is 10.2. The van der Waals surface area contributed by atoms with E-state index in [0.29, 0.717) is 44.9 Å². The van der Waals surface area contributed by atoms with Crippen LogP contribution >= 0.6 is 0 Å². The maximum Gasteiger partial charge on any atom is 0.253 e. The minimum atomic E-state index is -3.72. The highest BCUT2D eigenvalue weighted by Gasteiger charge is 2.25. The summed E-state index contributed by atoms with van der Waals surface area (Å²) in [5, 5.41) is 2.87. The van der Waals surface area contributed by atoms with Crippen molar-refractivity contribution in [2.24, 2.45) is 0 Å². The molecule has 2 aliphatic rings. The molecular weight excluding hydrogens is 420 g/mol. The number of rotatable bonds is 8. The lowest BCUT2D eigenvalue weighted by Gasteiger charge is -2.34. The van der Waals surface area contributed by atoms with Gasteiger partial charge in [-0.05, 0) is 44.9 Å². The summed E-state index contributed by atoms with van der Waals surface area (Å²) in [4.78, 5) is 28.6. The molecule has 1 aromatic rings. The van der Waals surface area contributed by atoms with Gasteiger partial charge >= 0.3 is 0 Å². The average Bonchev–Trinajstić information content (AvgIpc) is 3.26. The molecule has 0 bridgehead atoms. The van der Waals surface area contributed by atoms with E-state index in [-0.39, 0.29) is 35.4 Å². The monoisotopic (exact) mass is 452 g/mol. The summed E-state index contributed by atoms with van der Waals surface area (Å²) < 4.78 is 33.3. The Morgan fingerprint density at radius 1 is 1.19 bits per heavy atom. The average molecular weight is 453 g/mol. The Labute approximate surface area is 184 Å². The third-order valence-corrected chi connectivity index (χ3v) is 6.81. The van der Waals surface area contributed by atoms with Gasteiger partial charge in [0, 0.05) is 50.9 Å². The lowest BCUT2D eigenvalue weighted by Crippen LogP contribution is -2.51. The third-order valence-electron chi connectivity index (χ3n) is 5.39. The van der Waals surface area contributed by atoms with Gasteiger partial charge in [0.15, 0.2) is 0 Å². The lowest BCUT2D eigenvalue weighted by molar-refractivity contribution is -0.123. The number of hydrogen-bond acceptors (Lipinski definition) is 6. The van der Waals surface area contributed by atoms with Gasteiger partial charge in [-0.15, -0.1) is 0 Å². The van der Waals surface area contributed by atoms with Gasteiger partial charge in [-0.3, -0.25) is 14.5 Å². The highest BCUT2D eigenvalue weighted by Crippen LogP contribution is 2.16. The molecule has 1 unspecified atom stereocenters. The molecule has 0 aliphatic carbocycles. The van der Waals surface area contributed by atoms with E-state index >= 15 is 0 Å². The third kappa shape index (κ3) is 6.73. The van der Waals surface area contributed by atoms with Crippen LogP contribution in [0.5, 0.6) is 0 Å². The first-order valence-electron chi connectivity index (χ1n) is 10.8. The first-order chi connectivity index (χ1) is 14.7. The van der Waals surface area contributed by atoms with Crippen molar-refractivity contribution in [2.75, 3.05) is 45.9 Å². The summed E-state index contributed by atoms with van der Waals surface area (Å²) >= 11 is 0. The van der Waals surface area contributed by atoms with Gasteiger partial charge in [0.2, 0.25) is 15.9 Å². The highest BCUT2D eigenvalue weighted by molar-refractivity contribution is 7.89. The van der Waals surface area contributed by atoms with Gasteiger partial charge in [0.05, 0.1) is 17.5 Å². The molecule has 3 rings (SSSR count). The van der Waals surface area contributed by atoms with Crippen LogP contribution in [-0.4, -0.2) is 88.1 Å². The molecule has 2 N–H and O–H groups in total. The number of carbonyl (C=O) groups is 2. The molecular formula is C21H32N4O5S. The van der Waals surface area contributed by atoms with Gasteiger partial charge in [-0.2, -0.15) is 0 Å². The van der Waals surface area contributed by atoms with Crippen molar-refractivity contribution in [1.82, 2.24) is 19.8 Å². The van der Waals surface area contributed by atoms with E-state index < -0.39 is 10.0 Å². The number of nitrogens with one attached hydrogen (secondary N) is 2. The minimum absolute atomic E-state index is 0.0248. The van der Waals surface area contributed by atoms with Gasteiger partial charge in [-0.25, -0.2) is 13.1 Å². The van der Waals surface area contributed by atoms with Crippen molar-refractivity contribution < 1.29 is 22.7 Å². The molecule has 2 heterocycles. The number of amides is 2. The second-order valence-electron chi connectivity index (χ2n) is 8.31. The zero-order chi connectivity index (χ0) is 22.4. The molecule has 2 fully saturated rings. The number of sulfonamides is 1. The van der Waals surface area contributed by atoms with E-state index in [1.54, 1.807) is 17.0 Å². The molecule has 9 nitrogen and oxygen atoms in total. The Balaban J connectivity index is 1.56. The SMILES string of the molecule is CC(C)NC(=O)CN1CCN(C(=O)c2cccc(S(=O)(=O)NCC3CCCO3)c2)CC1. The number of piperazine rings is 1. The Kier molecular flexibility index (Phi) is 8.04. The minimum Gasteiger partial charge on any atom is -0.377 e. The van der Waals surface area contributed by atoms with Crippen molar-refractivity contribution in [2.45, 2.75) is 43.7 Å². The Bertz CT molecular complexity index is 876. The molecule has 2 saturated heterocycles. The molecule has 0 spiro atoms. The van der Waals surface area contributed by atoms with Crippen LogP contribution < -0.4 is 10.0 Å². The van der Waals surface area contributed by atoms with Crippen LogP contribution in [0.4, 0.5) is 0 Å². The summed E-state index contributed by atoms with van der Waals surface area (Å²) in [6.45, 7) is 7.20. The molecule has 172 valence electrons. The van der Waals surface area contributed by atoms with Crippen molar-refractivity contribution in [3.8, 4) is 0 Å². The molecule has 1 atom stereocenters. The summed E-state index contributed by atoms with van der Waals surface area (Å²) in [5.41, 5.74) is 0.339. The second kappa shape index (κ2) is 10.5. The maximum absolute atomic E-state index is 12.9. The second-order valence-corrected chi connectivity index (χ2v) is 10.1. The molecule has 10 heteroatoms. The largest absolute Gasteiger partial charge is 0.377 e. The van der Waals surface area contributed by atoms with Crippen LogP contribution in [0.15, 0.2) is 29.2 Å². The first kappa shape index (κ1) is 23.6. The number of ether oxygens (including phenoxy) is 1. The van der Waals surface area contributed by atoms with E-state index in [2.05, 4.69) is 10.0 Å². The molecule has 0 radical (unpaired) electrons. The number of benzene rings is 1. The van der Waals surface area contributed by atoms with Gasteiger partial charge in [-0.1, -0.05) is 6.07 Å². The van der Waals surface area contributed by atoms with Crippen molar-refractivity contribution >= 4 is 21.8 Å². The Morgan fingerprint density at radius 2 is 1.94 bits per heavy atom. The van der Waals surface area contributed by atoms with Gasteiger partial charge in [0.1, 0.15) is 0 Å². The van der Waals surface area contributed by atoms with Gasteiger partial charge in [0.25, 0.3) is 5.91 Å². The fourth-order valence-electron chi connectivity index (χ4n) is 3.75. The predicted octanol–water partition coefficient (Wildman–Crippen LogP) is 0.426.